The van der Waals surface area contributed by atoms with Crippen molar-refractivity contribution in [3.05, 3.63) is 29.7 Å². The van der Waals surface area contributed by atoms with Crippen LogP contribution in [-0.4, -0.2) is 20.2 Å². The molecule has 0 bridgehead atoms. The summed E-state index contributed by atoms with van der Waals surface area (Å²) in [6, 6.07) is 0. The quantitative estimate of drug-likeness (QED) is 0.510. The summed E-state index contributed by atoms with van der Waals surface area (Å²) in [5.74, 6) is -0.684. The average molecular weight is 193 g/mol. The predicted octanol–water partition coefficient (Wildman–Crippen LogP) is 0.461. The molecule has 0 atom stereocenters. The van der Waals surface area contributed by atoms with Gasteiger partial charge in [0, 0.05) is 6.20 Å². The lowest BCUT2D eigenvalue weighted by atomic mass is 10.4. The molecule has 0 spiro atoms. The highest BCUT2D eigenvalue weighted by atomic mass is 19.1. The van der Waals surface area contributed by atoms with E-state index in [2.05, 4.69) is 9.97 Å². The van der Waals surface area contributed by atoms with Gasteiger partial charge in [0.2, 0.25) is 5.95 Å². The highest BCUT2D eigenvalue weighted by molar-refractivity contribution is 5.93. The summed E-state index contributed by atoms with van der Waals surface area (Å²) in [7, 11) is 0. The predicted molar refractivity (Wildman–Crippen MR) is 48.7 cm³/mol. The van der Waals surface area contributed by atoms with Crippen molar-refractivity contribution in [1.29, 1.82) is 5.41 Å². The second kappa shape index (κ2) is 2.76. The molecule has 2 aromatic heterocycles. The summed E-state index contributed by atoms with van der Waals surface area (Å²) in [5.41, 5.74) is 6.48. The van der Waals surface area contributed by atoms with Crippen LogP contribution < -0.4 is 5.73 Å². The number of nitrogens with two attached hydrogens (primary N) is 1. The minimum absolute atomic E-state index is 0.192. The number of nitrogens with zero attached hydrogens (tertiary/aromatic N) is 3. The molecule has 0 saturated heterocycles. The minimum atomic E-state index is -0.493. The average Bonchev–Trinajstić information content (AvgIpc) is 2.48. The lowest BCUT2D eigenvalue weighted by Gasteiger charge is -2.02. The van der Waals surface area contributed by atoms with Crippen molar-refractivity contribution in [1.82, 2.24) is 14.4 Å². The Bertz CT molecular complexity index is 516. The summed E-state index contributed by atoms with van der Waals surface area (Å²) in [5, 5.41) is 7.19. The Morgan fingerprint density at radius 1 is 1.64 bits per heavy atom. The highest BCUT2D eigenvalue weighted by Gasteiger charge is 2.09. The standard InChI is InChI=1S/C8H8FN5/c1-4-8-12-2-6(9)14(8)3-5(13-4)7(10)11/h2-3H,1H3,(H3,10,11). The molecule has 3 N–H and O–H groups in total. The molecule has 14 heavy (non-hydrogen) atoms. The largest absolute Gasteiger partial charge is 0.382 e. The van der Waals surface area contributed by atoms with E-state index in [4.69, 9.17) is 11.1 Å². The van der Waals surface area contributed by atoms with E-state index in [1.807, 2.05) is 0 Å². The first kappa shape index (κ1) is 8.61. The van der Waals surface area contributed by atoms with Crippen LogP contribution in [0.5, 0.6) is 0 Å². The molecule has 6 heteroatoms. The zero-order valence-electron chi connectivity index (χ0n) is 7.45. The molecule has 0 unspecified atom stereocenters. The van der Waals surface area contributed by atoms with Gasteiger partial charge in [-0.05, 0) is 6.92 Å². The van der Waals surface area contributed by atoms with E-state index in [1.165, 1.54) is 10.6 Å². The van der Waals surface area contributed by atoms with Crippen molar-refractivity contribution >= 4 is 11.5 Å². The van der Waals surface area contributed by atoms with Crippen LogP contribution in [0.3, 0.4) is 0 Å². The van der Waals surface area contributed by atoms with Gasteiger partial charge < -0.3 is 5.73 Å². The van der Waals surface area contributed by atoms with Crippen LogP contribution in [0, 0.1) is 18.3 Å². The Hall–Kier alpha value is -1.98. The molecule has 72 valence electrons. The monoisotopic (exact) mass is 193 g/mol. The van der Waals surface area contributed by atoms with Gasteiger partial charge in [0.15, 0.2) is 5.65 Å². The molecule has 5 nitrogen and oxygen atoms in total. The van der Waals surface area contributed by atoms with Gasteiger partial charge in [0.1, 0.15) is 11.5 Å². The lowest BCUT2D eigenvalue weighted by Crippen LogP contribution is -2.15. The fourth-order valence-corrected chi connectivity index (χ4v) is 1.24. The third-order valence-electron chi connectivity index (χ3n) is 1.89. The van der Waals surface area contributed by atoms with E-state index in [9.17, 15) is 4.39 Å². The van der Waals surface area contributed by atoms with E-state index in [0.717, 1.165) is 6.20 Å². The molecule has 0 aliphatic rings. The number of rotatable bonds is 1. The Morgan fingerprint density at radius 2 is 2.36 bits per heavy atom. The number of halogens is 1. The Balaban J connectivity index is 2.82. The molecule has 0 aromatic carbocycles. The van der Waals surface area contributed by atoms with Gasteiger partial charge >= 0.3 is 0 Å². The number of amidine groups is 1. The van der Waals surface area contributed by atoms with Crippen LogP contribution in [0.4, 0.5) is 4.39 Å². The zero-order chi connectivity index (χ0) is 10.3. The van der Waals surface area contributed by atoms with Gasteiger partial charge in [-0.3, -0.25) is 9.81 Å². The van der Waals surface area contributed by atoms with Gasteiger partial charge in [0.25, 0.3) is 0 Å². The second-order valence-corrected chi connectivity index (χ2v) is 2.90. The summed E-state index contributed by atoms with van der Waals surface area (Å²) in [6.07, 6.45) is 2.46. The second-order valence-electron chi connectivity index (χ2n) is 2.90. The molecule has 0 radical (unpaired) electrons. The number of hydrogen-bond acceptors (Lipinski definition) is 3. The molecule has 0 aliphatic carbocycles. The van der Waals surface area contributed by atoms with Gasteiger partial charge in [0.05, 0.1) is 11.9 Å². The van der Waals surface area contributed by atoms with E-state index in [-0.39, 0.29) is 11.5 Å². The zero-order valence-corrected chi connectivity index (χ0v) is 7.45. The van der Waals surface area contributed by atoms with Crippen LogP contribution in [0.15, 0.2) is 12.4 Å². The first-order valence-corrected chi connectivity index (χ1v) is 3.94. The summed E-state index contributed by atoms with van der Waals surface area (Å²) in [4.78, 5) is 7.85. The number of fused-ring (bicyclic) bond motifs is 1. The maximum Gasteiger partial charge on any atom is 0.218 e. The SMILES string of the molecule is Cc1nc(C(=N)N)cn2c(F)cnc12. The Kier molecular flexibility index (Phi) is 1.70. The Labute approximate surface area is 78.9 Å². The Morgan fingerprint density at radius 3 is 3.00 bits per heavy atom. The van der Waals surface area contributed by atoms with Crippen molar-refractivity contribution in [2.45, 2.75) is 6.92 Å². The summed E-state index contributed by atoms with van der Waals surface area (Å²) < 4.78 is 14.4. The van der Waals surface area contributed by atoms with Gasteiger partial charge in [-0.1, -0.05) is 0 Å². The first-order valence-electron chi connectivity index (χ1n) is 3.94. The molecule has 2 rings (SSSR count). The molecular formula is C8H8FN5. The van der Waals surface area contributed by atoms with Crippen molar-refractivity contribution < 1.29 is 4.39 Å². The molecule has 0 fully saturated rings. The molecule has 0 saturated carbocycles. The molecule has 2 aromatic rings. The van der Waals surface area contributed by atoms with Crippen LogP contribution in [0.25, 0.3) is 5.65 Å². The normalized spacial score (nSPS) is 10.7. The van der Waals surface area contributed by atoms with E-state index >= 15 is 0 Å². The van der Waals surface area contributed by atoms with Crippen molar-refractivity contribution in [3.63, 3.8) is 0 Å². The smallest absolute Gasteiger partial charge is 0.218 e. The molecule has 0 aliphatic heterocycles. The first-order chi connectivity index (χ1) is 6.59. The van der Waals surface area contributed by atoms with Crippen LogP contribution >= 0.6 is 0 Å². The van der Waals surface area contributed by atoms with Crippen molar-refractivity contribution in [2.75, 3.05) is 0 Å². The van der Waals surface area contributed by atoms with Gasteiger partial charge in [-0.2, -0.15) is 4.39 Å². The lowest BCUT2D eigenvalue weighted by molar-refractivity contribution is 0.571. The van der Waals surface area contributed by atoms with E-state index in [1.54, 1.807) is 6.92 Å². The minimum Gasteiger partial charge on any atom is -0.382 e. The van der Waals surface area contributed by atoms with E-state index in [0.29, 0.717) is 11.3 Å². The van der Waals surface area contributed by atoms with Crippen LogP contribution in [-0.2, 0) is 0 Å². The third kappa shape index (κ3) is 1.12. The third-order valence-corrected chi connectivity index (χ3v) is 1.89. The maximum absolute atomic E-state index is 13.1. The summed E-state index contributed by atoms with van der Waals surface area (Å²) in [6.45, 7) is 1.69. The maximum atomic E-state index is 13.1. The molecular weight excluding hydrogens is 185 g/mol. The fraction of sp³-hybridized carbons (Fsp3) is 0.125. The number of hydrogen-bond donors (Lipinski definition) is 2. The number of nitrogens with one attached hydrogen (secondary N) is 1. The van der Waals surface area contributed by atoms with Crippen molar-refractivity contribution in [2.24, 2.45) is 5.73 Å². The van der Waals surface area contributed by atoms with Crippen molar-refractivity contribution in [3.8, 4) is 0 Å². The fourth-order valence-electron chi connectivity index (χ4n) is 1.24. The number of imidazole rings is 1. The topological polar surface area (TPSA) is 80.1 Å². The summed E-state index contributed by atoms with van der Waals surface area (Å²) >= 11 is 0. The van der Waals surface area contributed by atoms with E-state index < -0.39 is 5.95 Å². The highest BCUT2D eigenvalue weighted by Crippen LogP contribution is 2.09. The molecule has 2 heterocycles. The number of aromatic nitrogens is 3. The molecule has 0 amide bonds. The number of nitrogen functional groups attached to an aromatic ring is 1. The number of aryl methyl sites for hydroxylation is 1. The van der Waals surface area contributed by atoms with Crippen LogP contribution in [0.2, 0.25) is 0 Å². The van der Waals surface area contributed by atoms with Gasteiger partial charge in [-0.15, -0.1) is 0 Å². The van der Waals surface area contributed by atoms with Gasteiger partial charge in [-0.25, -0.2) is 9.97 Å². The van der Waals surface area contributed by atoms with Crippen LogP contribution in [0.1, 0.15) is 11.4 Å².